The van der Waals surface area contributed by atoms with Crippen molar-refractivity contribution < 1.29 is 29.1 Å². The first kappa shape index (κ1) is 29.4. The molecule has 2 aromatic carbocycles. The van der Waals surface area contributed by atoms with E-state index in [1.54, 1.807) is 16.8 Å². The lowest BCUT2D eigenvalue weighted by molar-refractivity contribution is -0.385. The number of rotatable bonds is 11. The molecule has 2 atom stereocenters. The number of nitrogens with zero attached hydrogens (tertiary/aromatic N) is 3. The number of allylic oxidation sites excluding steroid dienone is 1. The zero-order chi connectivity index (χ0) is 30.3. The normalized spacial score (nSPS) is 16.3. The SMILES string of the molecule is CC(=O)n1cc(C2C=C(C(=O)NCCNc3ccc([N+](=O)[O-])cn3)OC(OCc3ccc(CO)cc3)C2)c2ccccc21. The van der Waals surface area contributed by atoms with E-state index in [4.69, 9.17) is 9.47 Å². The number of anilines is 1. The van der Waals surface area contributed by atoms with E-state index in [9.17, 15) is 24.8 Å². The summed E-state index contributed by atoms with van der Waals surface area (Å²) in [5.74, 6) is -0.283. The van der Waals surface area contributed by atoms with E-state index < -0.39 is 17.1 Å². The van der Waals surface area contributed by atoms with Gasteiger partial charge in [0.2, 0.25) is 12.2 Å². The highest BCUT2D eigenvalue weighted by molar-refractivity contribution is 5.95. The maximum atomic E-state index is 13.2. The van der Waals surface area contributed by atoms with Crippen LogP contribution >= 0.6 is 0 Å². The first-order valence-electron chi connectivity index (χ1n) is 13.7. The molecule has 4 aromatic rings. The van der Waals surface area contributed by atoms with Crippen LogP contribution in [0, 0.1) is 10.1 Å². The zero-order valence-corrected chi connectivity index (χ0v) is 23.4. The molecular formula is C31H31N5O7. The van der Waals surface area contributed by atoms with E-state index in [2.05, 4.69) is 15.6 Å². The fourth-order valence-corrected chi connectivity index (χ4v) is 4.88. The van der Waals surface area contributed by atoms with E-state index in [-0.39, 0.29) is 43.0 Å². The molecule has 43 heavy (non-hydrogen) atoms. The van der Waals surface area contributed by atoms with Crippen LogP contribution in [0.4, 0.5) is 11.5 Å². The third kappa shape index (κ3) is 7.05. The predicted molar refractivity (Wildman–Crippen MR) is 158 cm³/mol. The van der Waals surface area contributed by atoms with Crippen LogP contribution in [0.25, 0.3) is 10.9 Å². The molecule has 0 saturated heterocycles. The Bertz CT molecular complexity index is 1650. The molecular weight excluding hydrogens is 554 g/mol. The summed E-state index contributed by atoms with van der Waals surface area (Å²) in [5, 5.41) is 26.9. The van der Waals surface area contributed by atoms with Crippen molar-refractivity contribution in [3.8, 4) is 0 Å². The number of aromatic nitrogens is 2. The van der Waals surface area contributed by atoms with Crippen molar-refractivity contribution >= 4 is 34.2 Å². The maximum absolute atomic E-state index is 13.2. The van der Waals surface area contributed by atoms with E-state index in [1.165, 1.54) is 19.1 Å². The Kier molecular flexibility index (Phi) is 9.08. The molecule has 0 saturated carbocycles. The standard InChI is InChI=1S/C31H31N5O7/c1-20(38)35-17-26(25-4-2-3-5-27(25)35)23-14-28(43-30(15-23)42-19-22-8-6-21(18-37)7-9-22)31(39)33-13-12-32-29-11-10-24(16-34-29)36(40)41/h2-11,14,16-17,23,30,37H,12-13,15,18-19H2,1H3,(H,32,34)(H,33,39). The summed E-state index contributed by atoms with van der Waals surface area (Å²) >= 11 is 0. The van der Waals surface area contributed by atoms with Crippen molar-refractivity contribution in [1.29, 1.82) is 0 Å². The number of hydrogen-bond acceptors (Lipinski definition) is 9. The fourth-order valence-electron chi connectivity index (χ4n) is 4.88. The monoisotopic (exact) mass is 585 g/mol. The molecule has 0 fully saturated rings. The number of nitrogens with one attached hydrogen (secondary N) is 2. The molecule has 12 heteroatoms. The zero-order valence-electron chi connectivity index (χ0n) is 23.4. The highest BCUT2D eigenvalue weighted by Crippen LogP contribution is 2.36. The number of carbonyl (C=O) groups excluding carboxylic acids is 2. The van der Waals surface area contributed by atoms with Gasteiger partial charge in [-0.25, -0.2) is 4.98 Å². The molecule has 5 rings (SSSR count). The van der Waals surface area contributed by atoms with Crippen LogP contribution in [0.1, 0.15) is 40.7 Å². The highest BCUT2D eigenvalue weighted by Gasteiger charge is 2.31. The van der Waals surface area contributed by atoms with Crippen LogP contribution in [-0.2, 0) is 27.5 Å². The van der Waals surface area contributed by atoms with Crippen LogP contribution in [0.2, 0.25) is 0 Å². The number of ether oxygens (including phenoxy) is 2. The summed E-state index contributed by atoms with van der Waals surface area (Å²) in [5.41, 5.74) is 3.23. The number of aliphatic hydroxyl groups excluding tert-OH is 1. The molecule has 2 unspecified atom stereocenters. The van der Waals surface area contributed by atoms with Crippen LogP contribution in [0.15, 0.2) is 84.9 Å². The Balaban J connectivity index is 1.31. The lowest BCUT2D eigenvalue weighted by Gasteiger charge is -2.29. The summed E-state index contributed by atoms with van der Waals surface area (Å²) in [4.78, 5) is 39.9. The number of fused-ring (bicyclic) bond motifs is 1. The Morgan fingerprint density at radius 1 is 1.12 bits per heavy atom. The lowest BCUT2D eigenvalue weighted by atomic mass is 9.92. The average Bonchev–Trinajstić information content (AvgIpc) is 3.42. The number of hydrogen-bond donors (Lipinski definition) is 3. The number of nitro groups is 1. The van der Waals surface area contributed by atoms with Gasteiger partial charge in [-0.3, -0.25) is 24.3 Å². The highest BCUT2D eigenvalue weighted by atomic mass is 16.7. The Hall–Kier alpha value is -5.07. The average molecular weight is 586 g/mol. The van der Waals surface area contributed by atoms with E-state index in [0.29, 0.717) is 18.8 Å². The third-order valence-electron chi connectivity index (χ3n) is 7.08. The summed E-state index contributed by atoms with van der Waals surface area (Å²) in [7, 11) is 0. The first-order chi connectivity index (χ1) is 20.8. The van der Waals surface area contributed by atoms with Gasteiger partial charge in [-0.2, -0.15) is 0 Å². The van der Waals surface area contributed by atoms with Crippen molar-refractivity contribution in [2.24, 2.45) is 0 Å². The molecule has 3 N–H and O–H groups in total. The summed E-state index contributed by atoms with van der Waals surface area (Å²) in [6.07, 6.45) is 4.40. The lowest BCUT2D eigenvalue weighted by Crippen LogP contribution is -2.35. The summed E-state index contributed by atoms with van der Waals surface area (Å²) < 4.78 is 13.7. The van der Waals surface area contributed by atoms with Gasteiger partial charge in [0.15, 0.2) is 5.76 Å². The largest absolute Gasteiger partial charge is 0.459 e. The van der Waals surface area contributed by atoms with Crippen LogP contribution in [-0.4, -0.2) is 50.8 Å². The van der Waals surface area contributed by atoms with E-state index in [0.717, 1.165) is 33.8 Å². The summed E-state index contributed by atoms with van der Waals surface area (Å²) in [6, 6.07) is 17.8. The van der Waals surface area contributed by atoms with Crippen molar-refractivity contribution in [1.82, 2.24) is 14.9 Å². The fraction of sp³-hybridized carbons (Fsp3) is 0.258. The summed E-state index contributed by atoms with van der Waals surface area (Å²) in [6.45, 7) is 2.24. The Labute approximate surface area is 247 Å². The topological polar surface area (TPSA) is 158 Å². The van der Waals surface area contributed by atoms with Crippen molar-refractivity contribution in [2.75, 3.05) is 18.4 Å². The molecule has 222 valence electrons. The first-order valence-corrected chi connectivity index (χ1v) is 13.7. The second kappa shape index (κ2) is 13.3. The van der Waals surface area contributed by atoms with Crippen LogP contribution in [0.3, 0.4) is 0 Å². The second-order valence-electron chi connectivity index (χ2n) is 10.0. The van der Waals surface area contributed by atoms with Gasteiger partial charge in [0.1, 0.15) is 12.0 Å². The molecule has 12 nitrogen and oxygen atoms in total. The quantitative estimate of drug-likeness (QED) is 0.133. The van der Waals surface area contributed by atoms with Gasteiger partial charge in [-0.15, -0.1) is 0 Å². The van der Waals surface area contributed by atoms with Gasteiger partial charge in [-0.1, -0.05) is 42.5 Å². The Morgan fingerprint density at radius 3 is 2.58 bits per heavy atom. The smallest absolute Gasteiger partial charge is 0.287 e. The van der Waals surface area contributed by atoms with E-state index in [1.807, 2.05) is 48.5 Å². The molecule has 0 bridgehead atoms. The molecule has 2 aromatic heterocycles. The minimum Gasteiger partial charge on any atom is -0.459 e. The molecule has 0 radical (unpaired) electrons. The van der Waals surface area contributed by atoms with Gasteiger partial charge in [0.25, 0.3) is 11.6 Å². The van der Waals surface area contributed by atoms with Gasteiger partial charge >= 0.3 is 0 Å². The number of amides is 1. The van der Waals surface area contributed by atoms with Gasteiger partial charge in [0, 0.05) is 50.0 Å². The minimum atomic E-state index is -0.741. The van der Waals surface area contributed by atoms with Gasteiger partial charge < -0.3 is 25.2 Å². The Morgan fingerprint density at radius 2 is 1.88 bits per heavy atom. The molecule has 1 aliphatic rings. The molecule has 0 spiro atoms. The van der Waals surface area contributed by atoms with Crippen molar-refractivity contribution in [2.45, 2.75) is 38.8 Å². The molecule has 1 aliphatic heterocycles. The van der Waals surface area contributed by atoms with Gasteiger partial charge in [-0.05, 0) is 34.9 Å². The molecule has 1 amide bonds. The number of aliphatic hydroxyl groups is 1. The van der Waals surface area contributed by atoms with Crippen molar-refractivity contribution in [3.05, 3.63) is 112 Å². The second-order valence-corrected chi connectivity index (χ2v) is 10.0. The van der Waals surface area contributed by atoms with Crippen LogP contribution in [0.5, 0.6) is 0 Å². The number of carbonyl (C=O) groups is 2. The van der Waals surface area contributed by atoms with Crippen molar-refractivity contribution in [3.63, 3.8) is 0 Å². The third-order valence-corrected chi connectivity index (χ3v) is 7.08. The van der Waals surface area contributed by atoms with Crippen LogP contribution < -0.4 is 10.6 Å². The van der Waals surface area contributed by atoms with E-state index >= 15 is 0 Å². The molecule has 3 heterocycles. The number of para-hydroxylation sites is 1. The number of pyridine rings is 1. The maximum Gasteiger partial charge on any atom is 0.287 e. The van der Waals surface area contributed by atoms with Gasteiger partial charge in [0.05, 0.1) is 23.7 Å². The number of benzene rings is 2. The minimum absolute atomic E-state index is 0.0500. The molecule has 0 aliphatic carbocycles. The predicted octanol–water partition coefficient (Wildman–Crippen LogP) is 4.26.